The summed E-state index contributed by atoms with van der Waals surface area (Å²) in [5, 5.41) is 5.64. The number of fused-ring (bicyclic) bond motifs is 1. The highest BCUT2D eigenvalue weighted by Gasteiger charge is 2.28. The molecule has 0 spiro atoms. The summed E-state index contributed by atoms with van der Waals surface area (Å²) in [6.07, 6.45) is 1.27. The number of benzene rings is 1. The molecular formula is C22H33N3O5. The number of nitrogens with zero attached hydrogens (tertiary/aromatic N) is 1. The summed E-state index contributed by atoms with van der Waals surface area (Å²) in [6.45, 7) is 9.97. The molecule has 30 heavy (non-hydrogen) atoms. The van der Waals surface area contributed by atoms with Gasteiger partial charge in [-0.2, -0.15) is 0 Å². The maximum atomic E-state index is 12.5. The Balaban J connectivity index is 1.44. The molecule has 1 saturated heterocycles. The second kappa shape index (κ2) is 9.55. The van der Waals surface area contributed by atoms with Crippen LogP contribution >= 0.6 is 0 Å². The fourth-order valence-corrected chi connectivity index (χ4v) is 3.66. The number of amides is 2. The lowest BCUT2D eigenvalue weighted by atomic mass is 10.0. The van der Waals surface area contributed by atoms with E-state index in [0.29, 0.717) is 6.61 Å². The highest BCUT2D eigenvalue weighted by atomic mass is 16.6. The van der Waals surface area contributed by atoms with E-state index in [0.717, 1.165) is 44.0 Å². The number of hydrogen-bond acceptors (Lipinski definition) is 6. The van der Waals surface area contributed by atoms with Crippen LogP contribution in [0.4, 0.5) is 4.79 Å². The molecule has 0 bridgehead atoms. The Morgan fingerprint density at radius 3 is 2.73 bits per heavy atom. The SMILES string of the molecule is C[C@H](NC(=O)OC(C)(C)C)C(=O)N[C@H]1CCCN(C[C@H]2COc3ccccc3O2)C1. The maximum absolute atomic E-state index is 12.5. The first-order valence-corrected chi connectivity index (χ1v) is 10.6. The summed E-state index contributed by atoms with van der Waals surface area (Å²) in [5.74, 6) is 1.35. The largest absolute Gasteiger partial charge is 0.486 e. The highest BCUT2D eigenvalue weighted by Crippen LogP contribution is 2.31. The Morgan fingerprint density at radius 1 is 1.27 bits per heavy atom. The van der Waals surface area contributed by atoms with Crippen LogP contribution in [0.5, 0.6) is 11.5 Å². The first-order valence-electron chi connectivity index (χ1n) is 10.6. The molecule has 3 rings (SSSR count). The number of alkyl carbamates (subject to hydrolysis) is 1. The Hall–Kier alpha value is -2.48. The molecular weight excluding hydrogens is 386 g/mol. The zero-order valence-electron chi connectivity index (χ0n) is 18.3. The molecule has 2 aliphatic rings. The van der Waals surface area contributed by atoms with Crippen LogP contribution in [0.1, 0.15) is 40.5 Å². The second-order valence-electron chi connectivity index (χ2n) is 8.97. The quantitative estimate of drug-likeness (QED) is 0.762. The molecule has 8 heteroatoms. The van der Waals surface area contributed by atoms with Gasteiger partial charge in [0.15, 0.2) is 11.5 Å². The number of likely N-dealkylation sites (tertiary alicyclic amines) is 1. The van der Waals surface area contributed by atoms with Gasteiger partial charge in [-0.3, -0.25) is 9.69 Å². The van der Waals surface area contributed by atoms with Crippen LogP contribution in [0.15, 0.2) is 24.3 Å². The lowest BCUT2D eigenvalue weighted by molar-refractivity contribution is -0.123. The van der Waals surface area contributed by atoms with Crippen molar-refractivity contribution in [2.75, 3.05) is 26.2 Å². The normalized spacial score (nSPS) is 22.7. The smallest absolute Gasteiger partial charge is 0.408 e. The van der Waals surface area contributed by atoms with Crippen molar-refractivity contribution in [1.82, 2.24) is 15.5 Å². The molecule has 0 aliphatic carbocycles. The fourth-order valence-electron chi connectivity index (χ4n) is 3.66. The molecule has 2 amide bonds. The van der Waals surface area contributed by atoms with E-state index in [4.69, 9.17) is 14.2 Å². The first-order chi connectivity index (χ1) is 14.2. The minimum atomic E-state index is -0.665. The molecule has 1 aromatic carbocycles. The summed E-state index contributed by atoms with van der Waals surface area (Å²) in [7, 11) is 0. The van der Waals surface area contributed by atoms with Crippen LogP contribution in [0, 0.1) is 0 Å². The molecule has 0 saturated carbocycles. The minimum absolute atomic E-state index is 0.0333. The van der Waals surface area contributed by atoms with E-state index in [2.05, 4.69) is 15.5 Å². The van der Waals surface area contributed by atoms with Crippen LogP contribution in [0.3, 0.4) is 0 Å². The van der Waals surface area contributed by atoms with Gasteiger partial charge in [0.05, 0.1) is 0 Å². The fraction of sp³-hybridized carbons (Fsp3) is 0.636. The molecule has 2 heterocycles. The van der Waals surface area contributed by atoms with Crippen molar-refractivity contribution in [3.8, 4) is 11.5 Å². The molecule has 0 aromatic heterocycles. The number of carbonyl (C=O) groups excluding carboxylic acids is 2. The summed E-state index contributed by atoms with van der Waals surface area (Å²) in [4.78, 5) is 26.7. The van der Waals surface area contributed by atoms with Gasteiger partial charge >= 0.3 is 6.09 Å². The number of piperidine rings is 1. The maximum Gasteiger partial charge on any atom is 0.408 e. The Morgan fingerprint density at radius 2 is 2.00 bits per heavy atom. The standard InChI is InChI=1S/C22H33N3O5/c1-15(23-21(27)30-22(2,3)4)20(26)24-16-8-7-11-25(12-16)13-17-14-28-18-9-5-6-10-19(18)29-17/h5-6,9-10,15-17H,7-8,11-14H2,1-4H3,(H,23,27)(H,24,26)/t15-,16-,17-/m0/s1. The average molecular weight is 420 g/mol. The number of rotatable bonds is 5. The molecule has 0 unspecified atom stereocenters. The molecule has 1 fully saturated rings. The van der Waals surface area contributed by atoms with Crippen LogP contribution in [0.25, 0.3) is 0 Å². The Kier molecular flexibility index (Phi) is 7.07. The zero-order chi connectivity index (χ0) is 21.7. The molecule has 1 aromatic rings. The minimum Gasteiger partial charge on any atom is -0.486 e. The topological polar surface area (TPSA) is 89.1 Å². The summed E-state index contributed by atoms with van der Waals surface area (Å²) in [5.41, 5.74) is -0.602. The van der Waals surface area contributed by atoms with Crippen LogP contribution in [0.2, 0.25) is 0 Å². The van der Waals surface area contributed by atoms with Gasteiger partial charge in [-0.05, 0) is 59.2 Å². The first kappa shape index (κ1) is 22.2. The van der Waals surface area contributed by atoms with Gasteiger partial charge < -0.3 is 24.8 Å². The van der Waals surface area contributed by atoms with Crippen LogP contribution in [-0.4, -0.2) is 66.9 Å². The number of carbonyl (C=O) groups is 2. The number of ether oxygens (including phenoxy) is 3. The van der Waals surface area contributed by atoms with Gasteiger partial charge in [-0.1, -0.05) is 12.1 Å². The third-order valence-electron chi connectivity index (χ3n) is 5.01. The third-order valence-corrected chi connectivity index (χ3v) is 5.01. The number of hydrogen-bond donors (Lipinski definition) is 2. The molecule has 0 radical (unpaired) electrons. The van der Waals surface area contributed by atoms with Gasteiger partial charge in [0.25, 0.3) is 0 Å². The Labute approximate surface area is 178 Å². The van der Waals surface area contributed by atoms with Crippen LogP contribution in [-0.2, 0) is 9.53 Å². The van der Waals surface area contributed by atoms with E-state index < -0.39 is 17.7 Å². The van der Waals surface area contributed by atoms with Crippen molar-refractivity contribution in [1.29, 1.82) is 0 Å². The zero-order valence-corrected chi connectivity index (χ0v) is 18.3. The van der Waals surface area contributed by atoms with Crippen LogP contribution < -0.4 is 20.1 Å². The van der Waals surface area contributed by atoms with Crippen molar-refractivity contribution in [3.05, 3.63) is 24.3 Å². The van der Waals surface area contributed by atoms with Crippen molar-refractivity contribution in [3.63, 3.8) is 0 Å². The van der Waals surface area contributed by atoms with E-state index in [1.807, 2.05) is 24.3 Å². The van der Waals surface area contributed by atoms with Gasteiger partial charge in [-0.25, -0.2) is 4.79 Å². The van der Waals surface area contributed by atoms with Gasteiger partial charge in [0, 0.05) is 19.1 Å². The molecule has 166 valence electrons. The summed E-state index contributed by atoms with van der Waals surface area (Å²) >= 11 is 0. The molecule has 2 aliphatic heterocycles. The lowest BCUT2D eigenvalue weighted by Crippen LogP contribution is -2.54. The van der Waals surface area contributed by atoms with E-state index in [1.54, 1.807) is 27.7 Å². The number of nitrogens with one attached hydrogen (secondary N) is 2. The summed E-state index contributed by atoms with van der Waals surface area (Å²) in [6, 6.07) is 7.06. The monoisotopic (exact) mass is 419 g/mol. The van der Waals surface area contributed by atoms with Crippen molar-refractivity contribution in [2.24, 2.45) is 0 Å². The van der Waals surface area contributed by atoms with Gasteiger partial charge in [0.2, 0.25) is 5.91 Å². The second-order valence-corrected chi connectivity index (χ2v) is 8.97. The van der Waals surface area contributed by atoms with Gasteiger partial charge in [0.1, 0.15) is 24.4 Å². The molecule has 3 atom stereocenters. The van der Waals surface area contributed by atoms with Gasteiger partial charge in [-0.15, -0.1) is 0 Å². The predicted molar refractivity (Wildman–Crippen MR) is 113 cm³/mol. The van der Waals surface area contributed by atoms with E-state index in [1.165, 1.54) is 0 Å². The van der Waals surface area contributed by atoms with Crippen molar-refractivity contribution < 1.29 is 23.8 Å². The van der Waals surface area contributed by atoms with E-state index >= 15 is 0 Å². The predicted octanol–water partition coefficient (Wildman–Crippen LogP) is 2.32. The summed E-state index contributed by atoms with van der Waals surface area (Å²) < 4.78 is 17.1. The lowest BCUT2D eigenvalue weighted by Gasteiger charge is -2.36. The van der Waals surface area contributed by atoms with E-state index in [-0.39, 0.29) is 18.1 Å². The molecule has 8 nitrogen and oxygen atoms in total. The van der Waals surface area contributed by atoms with E-state index in [9.17, 15) is 9.59 Å². The highest BCUT2D eigenvalue weighted by molar-refractivity contribution is 5.85. The van der Waals surface area contributed by atoms with Crippen molar-refractivity contribution in [2.45, 2.75) is 64.3 Å². The average Bonchev–Trinajstić information content (AvgIpc) is 2.66. The van der Waals surface area contributed by atoms with Crippen molar-refractivity contribution >= 4 is 12.0 Å². The molecule has 2 N–H and O–H groups in total. The Bertz CT molecular complexity index is 749. The third kappa shape index (κ3) is 6.52. The number of para-hydroxylation sites is 2.